The predicted octanol–water partition coefficient (Wildman–Crippen LogP) is 4.94. The SMILES string of the molecule is COCc1c(-c2cc(-c3cccc(C(=O)NCC(=O)O)c3)no2)ccc(-c2ccccc2)c1C. The van der Waals surface area contributed by atoms with Crippen LogP contribution in [0.4, 0.5) is 0 Å². The summed E-state index contributed by atoms with van der Waals surface area (Å²) in [6, 6.07) is 22.9. The van der Waals surface area contributed by atoms with E-state index < -0.39 is 18.4 Å². The molecule has 0 saturated carbocycles. The number of carboxylic acid groups (broad SMARTS) is 1. The molecule has 0 aliphatic heterocycles. The molecule has 0 unspecified atom stereocenters. The van der Waals surface area contributed by atoms with E-state index in [0.29, 0.717) is 29.2 Å². The monoisotopic (exact) mass is 456 g/mol. The largest absolute Gasteiger partial charge is 0.480 e. The molecule has 0 spiro atoms. The number of hydrogen-bond donors (Lipinski definition) is 2. The second-order valence-electron chi connectivity index (χ2n) is 7.80. The Morgan fingerprint density at radius 3 is 2.44 bits per heavy atom. The molecule has 1 aromatic heterocycles. The zero-order chi connectivity index (χ0) is 24.1. The molecule has 34 heavy (non-hydrogen) atoms. The third-order valence-corrected chi connectivity index (χ3v) is 5.57. The molecule has 7 heteroatoms. The minimum absolute atomic E-state index is 0.339. The molecule has 0 atom stereocenters. The molecule has 2 N–H and O–H groups in total. The van der Waals surface area contributed by atoms with Crippen molar-refractivity contribution >= 4 is 11.9 Å². The van der Waals surface area contributed by atoms with Crippen LogP contribution < -0.4 is 5.32 Å². The Morgan fingerprint density at radius 1 is 0.971 bits per heavy atom. The third-order valence-electron chi connectivity index (χ3n) is 5.57. The molecule has 4 aromatic rings. The third kappa shape index (κ3) is 4.89. The summed E-state index contributed by atoms with van der Waals surface area (Å²) in [4.78, 5) is 22.9. The van der Waals surface area contributed by atoms with E-state index in [1.165, 1.54) is 0 Å². The second kappa shape index (κ2) is 10.1. The van der Waals surface area contributed by atoms with Crippen molar-refractivity contribution in [3.63, 3.8) is 0 Å². The first-order valence-electron chi connectivity index (χ1n) is 10.7. The molecule has 0 saturated heterocycles. The quantitative estimate of drug-likeness (QED) is 0.389. The first kappa shape index (κ1) is 22.9. The highest BCUT2D eigenvalue weighted by molar-refractivity contribution is 5.96. The molecule has 3 aromatic carbocycles. The lowest BCUT2D eigenvalue weighted by molar-refractivity contribution is -0.135. The highest BCUT2D eigenvalue weighted by Crippen LogP contribution is 2.35. The van der Waals surface area contributed by atoms with Crippen molar-refractivity contribution in [1.29, 1.82) is 0 Å². The fraction of sp³-hybridized carbons (Fsp3) is 0.148. The summed E-state index contributed by atoms with van der Waals surface area (Å²) in [5.41, 5.74) is 6.82. The maximum absolute atomic E-state index is 12.2. The lowest BCUT2D eigenvalue weighted by Crippen LogP contribution is -2.29. The second-order valence-corrected chi connectivity index (χ2v) is 7.80. The molecule has 0 aliphatic carbocycles. The van der Waals surface area contributed by atoms with Gasteiger partial charge in [-0.15, -0.1) is 0 Å². The van der Waals surface area contributed by atoms with Crippen LogP contribution in [-0.2, 0) is 16.1 Å². The number of ether oxygens (including phenoxy) is 1. The van der Waals surface area contributed by atoms with E-state index in [4.69, 9.17) is 14.4 Å². The van der Waals surface area contributed by atoms with Crippen LogP contribution in [0.15, 0.2) is 77.3 Å². The normalized spacial score (nSPS) is 10.8. The average Bonchev–Trinajstić information content (AvgIpc) is 3.34. The van der Waals surface area contributed by atoms with E-state index >= 15 is 0 Å². The Labute approximate surface area is 197 Å². The zero-order valence-electron chi connectivity index (χ0n) is 18.9. The Bertz CT molecular complexity index is 1330. The van der Waals surface area contributed by atoms with E-state index in [1.54, 1.807) is 25.3 Å². The van der Waals surface area contributed by atoms with Gasteiger partial charge in [0.2, 0.25) is 0 Å². The van der Waals surface area contributed by atoms with Gasteiger partial charge in [0.15, 0.2) is 5.76 Å². The van der Waals surface area contributed by atoms with Crippen molar-refractivity contribution in [2.75, 3.05) is 13.7 Å². The molecule has 0 bridgehead atoms. The van der Waals surface area contributed by atoms with Crippen molar-refractivity contribution in [3.8, 4) is 33.7 Å². The van der Waals surface area contributed by atoms with E-state index in [9.17, 15) is 9.59 Å². The number of carbonyl (C=O) groups excluding carboxylic acids is 1. The molecular weight excluding hydrogens is 432 g/mol. The smallest absolute Gasteiger partial charge is 0.322 e. The van der Waals surface area contributed by atoms with Crippen LogP contribution in [0.2, 0.25) is 0 Å². The lowest BCUT2D eigenvalue weighted by atomic mass is 9.92. The number of aromatic nitrogens is 1. The number of rotatable bonds is 8. The van der Waals surface area contributed by atoms with E-state index in [-0.39, 0.29) is 0 Å². The van der Waals surface area contributed by atoms with Gasteiger partial charge in [0.1, 0.15) is 12.2 Å². The molecule has 1 amide bonds. The van der Waals surface area contributed by atoms with Crippen LogP contribution in [-0.4, -0.2) is 35.8 Å². The minimum Gasteiger partial charge on any atom is -0.480 e. The molecule has 172 valence electrons. The molecule has 1 heterocycles. The van der Waals surface area contributed by atoms with Crippen molar-refractivity contribution in [2.24, 2.45) is 0 Å². The van der Waals surface area contributed by atoms with E-state index in [1.807, 2.05) is 36.4 Å². The first-order valence-corrected chi connectivity index (χ1v) is 10.7. The summed E-state index contributed by atoms with van der Waals surface area (Å²) < 4.78 is 11.2. The Balaban J connectivity index is 1.67. The average molecular weight is 456 g/mol. The van der Waals surface area contributed by atoms with Gasteiger partial charge in [0.05, 0.1) is 6.61 Å². The summed E-state index contributed by atoms with van der Waals surface area (Å²) in [6.07, 6.45) is 0. The summed E-state index contributed by atoms with van der Waals surface area (Å²) in [5, 5.41) is 15.3. The number of methoxy groups -OCH3 is 1. The molecular formula is C27H24N2O5. The maximum Gasteiger partial charge on any atom is 0.322 e. The first-order chi connectivity index (χ1) is 16.5. The fourth-order valence-electron chi connectivity index (χ4n) is 3.86. The number of nitrogens with zero attached hydrogens (tertiary/aromatic N) is 1. The minimum atomic E-state index is -1.11. The molecule has 0 fully saturated rings. The number of hydrogen-bond acceptors (Lipinski definition) is 5. The van der Waals surface area contributed by atoms with Gasteiger partial charge in [-0.25, -0.2) is 0 Å². The summed E-state index contributed by atoms with van der Waals surface area (Å²) in [6.45, 7) is 2.03. The summed E-state index contributed by atoms with van der Waals surface area (Å²) >= 11 is 0. The van der Waals surface area contributed by atoms with E-state index in [0.717, 1.165) is 27.8 Å². The van der Waals surface area contributed by atoms with E-state index in [2.05, 4.69) is 35.6 Å². The van der Waals surface area contributed by atoms with Crippen molar-refractivity contribution < 1.29 is 24.0 Å². The topological polar surface area (TPSA) is 102 Å². The van der Waals surface area contributed by atoms with Crippen molar-refractivity contribution in [2.45, 2.75) is 13.5 Å². The van der Waals surface area contributed by atoms with Gasteiger partial charge in [-0.1, -0.05) is 59.8 Å². The van der Waals surface area contributed by atoms with Gasteiger partial charge < -0.3 is 19.7 Å². The van der Waals surface area contributed by atoms with Gasteiger partial charge in [-0.2, -0.15) is 0 Å². The lowest BCUT2D eigenvalue weighted by Gasteiger charge is -2.15. The van der Waals surface area contributed by atoms with Crippen LogP contribution >= 0.6 is 0 Å². The summed E-state index contributed by atoms with van der Waals surface area (Å²) in [5.74, 6) is -0.987. The Morgan fingerprint density at radius 2 is 1.71 bits per heavy atom. The van der Waals surface area contributed by atoms with Crippen LogP contribution in [0.3, 0.4) is 0 Å². The fourth-order valence-corrected chi connectivity index (χ4v) is 3.86. The Kier molecular flexibility index (Phi) is 6.85. The number of carbonyl (C=O) groups is 2. The van der Waals surface area contributed by atoms with Crippen molar-refractivity contribution in [3.05, 3.63) is 89.5 Å². The number of carboxylic acids is 1. The van der Waals surface area contributed by atoms with Gasteiger partial charge in [0, 0.05) is 29.9 Å². The maximum atomic E-state index is 12.2. The van der Waals surface area contributed by atoms with Crippen LogP contribution in [0, 0.1) is 6.92 Å². The van der Waals surface area contributed by atoms with Gasteiger partial charge in [-0.05, 0) is 41.3 Å². The molecule has 7 nitrogen and oxygen atoms in total. The Hall–Kier alpha value is -4.23. The number of benzene rings is 3. The highest BCUT2D eigenvalue weighted by Gasteiger charge is 2.17. The number of nitrogens with one attached hydrogen (secondary N) is 1. The zero-order valence-corrected chi connectivity index (χ0v) is 18.9. The summed E-state index contributed by atoms with van der Waals surface area (Å²) in [7, 11) is 1.66. The van der Waals surface area contributed by atoms with Crippen molar-refractivity contribution in [1.82, 2.24) is 10.5 Å². The van der Waals surface area contributed by atoms with Crippen LogP contribution in [0.1, 0.15) is 21.5 Å². The van der Waals surface area contributed by atoms with Gasteiger partial charge in [-0.3, -0.25) is 9.59 Å². The molecule has 4 rings (SSSR count). The van der Waals surface area contributed by atoms with Gasteiger partial charge >= 0.3 is 5.97 Å². The molecule has 0 aliphatic rings. The standard InChI is InChI=1S/C27H24N2O5/c1-17-21(18-7-4-3-5-8-18)11-12-22(23(17)16-33-2)25-14-24(29-34-25)19-9-6-10-20(13-19)27(32)28-15-26(30)31/h3-14H,15-16H2,1-2H3,(H,28,32)(H,30,31). The van der Waals surface area contributed by atoms with Crippen LogP contribution in [0.5, 0.6) is 0 Å². The predicted molar refractivity (Wildman–Crippen MR) is 128 cm³/mol. The molecule has 0 radical (unpaired) electrons. The number of aliphatic carboxylic acids is 1. The highest BCUT2D eigenvalue weighted by atomic mass is 16.5. The van der Waals surface area contributed by atoms with Gasteiger partial charge in [0.25, 0.3) is 5.91 Å². The van der Waals surface area contributed by atoms with Crippen LogP contribution in [0.25, 0.3) is 33.7 Å². The number of amides is 1.